The maximum absolute atomic E-state index is 13.5. The molecule has 1 aliphatic rings. The minimum Gasteiger partial charge on any atom is -0.356 e. The molecule has 1 aromatic carbocycles. The SMILES string of the molecule is CN=C(NCCc1cc(F)ccc1F)NC1CCCC1.I. The lowest BCUT2D eigenvalue weighted by atomic mass is 10.1. The fourth-order valence-electron chi connectivity index (χ4n) is 2.51. The van der Waals surface area contributed by atoms with E-state index in [9.17, 15) is 8.78 Å². The summed E-state index contributed by atoms with van der Waals surface area (Å²) in [5, 5.41) is 6.49. The predicted molar refractivity (Wildman–Crippen MR) is 92.2 cm³/mol. The maximum atomic E-state index is 13.5. The second-order valence-electron chi connectivity index (χ2n) is 5.11. The van der Waals surface area contributed by atoms with Gasteiger partial charge < -0.3 is 10.6 Å². The third-order valence-electron chi connectivity index (χ3n) is 3.61. The van der Waals surface area contributed by atoms with Gasteiger partial charge in [-0.1, -0.05) is 12.8 Å². The lowest BCUT2D eigenvalue weighted by Crippen LogP contribution is -2.43. The first kappa shape index (κ1) is 18.1. The van der Waals surface area contributed by atoms with Crippen molar-refractivity contribution in [3.05, 3.63) is 35.4 Å². The van der Waals surface area contributed by atoms with Crippen LogP contribution in [0.1, 0.15) is 31.2 Å². The Morgan fingerprint density at radius 1 is 1.29 bits per heavy atom. The molecular formula is C15H22F2IN3. The minimum atomic E-state index is -0.408. The molecule has 21 heavy (non-hydrogen) atoms. The number of aliphatic imine (C=N–C) groups is 1. The van der Waals surface area contributed by atoms with Crippen LogP contribution in [0.5, 0.6) is 0 Å². The number of hydrogen-bond acceptors (Lipinski definition) is 1. The van der Waals surface area contributed by atoms with Crippen molar-refractivity contribution in [2.45, 2.75) is 38.1 Å². The predicted octanol–water partition coefficient (Wildman–Crippen LogP) is 3.23. The van der Waals surface area contributed by atoms with Crippen LogP contribution in [0.4, 0.5) is 8.78 Å². The topological polar surface area (TPSA) is 36.4 Å². The largest absolute Gasteiger partial charge is 0.356 e. The Morgan fingerprint density at radius 3 is 2.67 bits per heavy atom. The van der Waals surface area contributed by atoms with Gasteiger partial charge in [-0.3, -0.25) is 4.99 Å². The van der Waals surface area contributed by atoms with Gasteiger partial charge in [-0.25, -0.2) is 8.78 Å². The summed E-state index contributed by atoms with van der Waals surface area (Å²) in [7, 11) is 1.72. The first-order valence-corrected chi connectivity index (χ1v) is 7.10. The van der Waals surface area contributed by atoms with Gasteiger partial charge in [0, 0.05) is 19.6 Å². The lowest BCUT2D eigenvalue weighted by molar-refractivity contribution is 0.580. The smallest absolute Gasteiger partial charge is 0.191 e. The second kappa shape index (κ2) is 9.17. The Labute approximate surface area is 141 Å². The molecule has 2 rings (SSSR count). The van der Waals surface area contributed by atoms with Crippen molar-refractivity contribution >= 4 is 29.9 Å². The normalized spacial score (nSPS) is 15.7. The molecule has 0 atom stereocenters. The van der Waals surface area contributed by atoms with Gasteiger partial charge in [0.25, 0.3) is 0 Å². The highest BCUT2D eigenvalue weighted by Gasteiger charge is 2.15. The average molecular weight is 409 g/mol. The molecule has 1 fully saturated rings. The molecule has 118 valence electrons. The molecule has 0 bridgehead atoms. The van der Waals surface area contributed by atoms with Crippen LogP contribution in [0, 0.1) is 11.6 Å². The molecular weight excluding hydrogens is 387 g/mol. The summed E-state index contributed by atoms with van der Waals surface area (Å²) in [6, 6.07) is 4.01. The van der Waals surface area contributed by atoms with Crippen LogP contribution in [0.15, 0.2) is 23.2 Å². The third-order valence-corrected chi connectivity index (χ3v) is 3.61. The summed E-state index contributed by atoms with van der Waals surface area (Å²) in [6.07, 6.45) is 5.26. The molecule has 0 heterocycles. The van der Waals surface area contributed by atoms with Crippen molar-refractivity contribution in [3.63, 3.8) is 0 Å². The molecule has 1 aromatic rings. The van der Waals surface area contributed by atoms with Crippen LogP contribution in [0.25, 0.3) is 0 Å². The minimum absolute atomic E-state index is 0. The lowest BCUT2D eigenvalue weighted by Gasteiger charge is -2.16. The van der Waals surface area contributed by atoms with Gasteiger partial charge in [-0.05, 0) is 43.0 Å². The van der Waals surface area contributed by atoms with Gasteiger partial charge in [0.1, 0.15) is 11.6 Å². The quantitative estimate of drug-likeness (QED) is 0.455. The summed E-state index contributed by atoms with van der Waals surface area (Å²) in [5.74, 6) is -0.0458. The zero-order valence-electron chi connectivity index (χ0n) is 12.2. The highest BCUT2D eigenvalue weighted by Crippen LogP contribution is 2.17. The summed E-state index contributed by atoms with van der Waals surface area (Å²) < 4.78 is 26.5. The van der Waals surface area contributed by atoms with Crippen molar-refractivity contribution in [1.29, 1.82) is 0 Å². The van der Waals surface area contributed by atoms with E-state index >= 15 is 0 Å². The van der Waals surface area contributed by atoms with Crippen molar-refractivity contribution in [2.75, 3.05) is 13.6 Å². The van der Waals surface area contributed by atoms with Crippen molar-refractivity contribution in [2.24, 2.45) is 4.99 Å². The molecule has 0 radical (unpaired) electrons. The Kier molecular flexibility index (Phi) is 7.92. The van der Waals surface area contributed by atoms with E-state index in [1.54, 1.807) is 7.05 Å². The van der Waals surface area contributed by atoms with Gasteiger partial charge >= 0.3 is 0 Å². The number of rotatable bonds is 4. The standard InChI is InChI=1S/C15H21F2N3.HI/c1-18-15(20-13-4-2-3-5-13)19-9-8-11-10-12(16)6-7-14(11)17;/h6-7,10,13H,2-5,8-9H2,1H3,(H2,18,19,20);1H. The molecule has 2 N–H and O–H groups in total. The zero-order valence-corrected chi connectivity index (χ0v) is 14.5. The van der Waals surface area contributed by atoms with Crippen LogP contribution in [-0.2, 0) is 6.42 Å². The monoisotopic (exact) mass is 409 g/mol. The molecule has 1 saturated carbocycles. The van der Waals surface area contributed by atoms with Gasteiger partial charge in [0.2, 0.25) is 0 Å². The van der Waals surface area contributed by atoms with Gasteiger partial charge in [-0.15, -0.1) is 24.0 Å². The van der Waals surface area contributed by atoms with Crippen molar-refractivity contribution in [1.82, 2.24) is 10.6 Å². The van der Waals surface area contributed by atoms with E-state index in [0.29, 0.717) is 24.6 Å². The molecule has 0 amide bonds. The van der Waals surface area contributed by atoms with E-state index in [0.717, 1.165) is 18.1 Å². The van der Waals surface area contributed by atoms with E-state index in [4.69, 9.17) is 0 Å². The van der Waals surface area contributed by atoms with Gasteiger partial charge in [-0.2, -0.15) is 0 Å². The molecule has 0 aromatic heterocycles. The summed E-state index contributed by atoms with van der Waals surface area (Å²) in [4.78, 5) is 4.15. The number of nitrogens with zero attached hydrogens (tertiary/aromatic N) is 1. The Morgan fingerprint density at radius 2 is 2.00 bits per heavy atom. The average Bonchev–Trinajstić information content (AvgIpc) is 2.94. The first-order chi connectivity index (χ1) is 9.69. The molecule has 0 unspecified atom stereocenters. The van der Waals surface area contributed by atoms with Crippen molar-refractivity contribution in [3.8, 4) is 0 Å². The summed E-state index contributed by atoms with van der Waals surface area (Å²) in [5.41, 5.74) is 0.383. The number of hydrogen-bond donors (Lipinski definition) is 2. The second-order valence-corrected chi connectivity index (χ2v) is 5.11. The number of halogens is 3. The van der Waals surface area contributed by atoms with E-state index < -0.39 is 5.82 Å². The molecule has 1 aliphatic carbocycles. The fourth-order valence-corrected chi connectivity index (χ4v) is 2.51. The molecule has 0 spiro atoms. The Bertz CT molecular complexity index is 474. The maximum Gasteiger partial charge on any atom is 0.191 e. The highest BCUT2D eigenvalue weighted by molar-refractivity contribution is 14.0. The highest BCUT2D eigenvalue weighted by atomic mass is 127. The van der Waals surface area contributed by atoms with E-state index in [1.165, 1.54) is 31.7 Å². The van der Waals surface area contributed by atoms with Gasteiger partial charge in [0.05, 0.1) is 0 Å². The number of nitrogens with one attached hydrogen (secondary N) is 2. The molecule has 0 saturated heterocycles. The van der Waals surface area contributed by atoms with Crippen LogP contribution in [-0.4, -0.2) is 25.6 Å². The number of guanidine groups is 1. The Hall–Kier alpha value is -0.920. The third kappa shape index (κ3) is 5.76. The summed E-state index contributed by atoms with van der Waals surface area (Å²) in [6.45, 7) is 0.521. The van der Waals surface area contributed by atoms with Crippen LogP contribution < -0.4 is 10.6 Å². The van der Waals surface area contributed by atoms with Crippen molar-refractivity contribution < 1.29 is 8.78 Å². The van der Waals surface area contributed by atoms with Gasteiger partial charge in [0.15, 0.2) is 5.96 Å². The molecule has 0 aliphatic heterocycles. The molecule has 3 nitrogen and oxygen atoms in total. The first-order valence-electron chi connectivity index (χ1n) is 7.10. The fraction of sp³-hybridized carbons (Fsp3) is 0.533. The van der Waals surface area contributed by atoms with Crippen LogP contribution >= 0.6 is 24.0 Å². The van der Waals surface area contributed by atoms with Crippen LogP contribution in [0.2, 0.25) is 0 Å². The van der Waals surface area contributed by atoms with Crippen LogP contribution in [0.3, 0.4) is 0 Å². The van der Waals surface area contributed by atoms with E-state index in [-0.39, 0.29) is 29.8 Å². The van der Waals surface area contributed by atoms with E-state index in [2.05, 4.69) is 15.6 Å². The zero-order chi connectivity index (χ0) is 14.4. The number of benzene rings is 1. The summed E-state index contributed by atoms with van der Waals surface area (Å²) >= 11 is 0. The Balaban J connectivity index is 0.00000220. The molecule has 6 heteroatoms. The van der Waals surface area contributed by atoms with E-state index in [1.807, 2.05) is 0 Å².